The van der Waals surface area contributed by atoms with E-state index in [-0.39, 0.29) is 5.91 Å². The van der Waals surface area contributed by atoms with E-state index in [0.29, 0.717) is 17.0 Å². The van der Waals surface area contributed by atoms with Gasteiger partial charge in [-0.05, 0) is 15.9 Å². The summed E-state index contributed by atoms with van der Waals surface area (Å²) < 4.78 is 7.64. The van der Waals surface area contributed by atoms with Crippen LogP contribution in [0.25, 0.3) is 0 Å². The fraction of sp³-hybridized carbons (Fsp3) is 0.636. The van der Waals surface area contributed by atoms with Gasteiger partial charge in [0.05, 0.1) is 19.4 Å². The van der Waals surface area contributed by atoms with E-state index in [0.717, 1.165) is 32.8 Å². The number of morpholine rings is 1. The number of nitrogens with zero attached hydrogens (tertiary/aromatic N) is 3. The average molecular weight is 317 g/mol. The molecule has 0 radical (unpaired) electrons. The lowest BCUT2D eigenvalue weighted by atomic mass is 10.4. The van der Waals surface area contributed by atoms with Crippen LogP contribution in [0.15, 0.2) is 10.9 Å². The maximum Gasteiger partial charge on any atom is 0.269 e. The van der Waals surface area contributed by atoms with Crippen LogP contribution in [0.5, 0.6) is 0 Å². The van der Waals surface area contributed by atoms with E-state index in [1.165, 1.54) is 0 Å². The highest BCUT2D eigenvalue weighted by Crippen LogP contribution is 2.08. The van der Waals surface area contributed by atoms with Gasteiger partial charge in [0.15, 0.2) is 4.73 Å². The summed E-state index contributed by atoms with van der Waals surface area (Å²) in [6, 6.07) is 0. The van der Waals surface area contributed by atoms with Crippen LogP contribution in [-0.4, -0.2) is 59.8 Å². The molecule has 100 valence electrons. The molecule has 1 aliphatic heterocycles. The quantitative estimate of drug-likeness (QED) is 0.865. The van der Waals surface area contributed by atoms with Crippen molar-refractivity contribution < 1.29 is 9.53 Å². The third-order valence-corrected chi connectivity index (χ3v) is 3.72. The Bertz CT molecular complexity index is 415. The first-order chi connectivity index (χ1) is 8.68. The molecule has 1 saturated heterocycles. The van der Waals surface area contributed by atoms with Crippen LogP contribution in [-0.2, 0) is 11.8 Å². The summed E-state index contributed by atoms with van der Waals surface area (Å²) >= 11 is 3.26. The van der Waals surface area contributed by atoms with Gasteiger partial charge >= 0.3 is 0 Å². The molecule has 7 heteroatoms. The van der Waals surface area contributed by atoms with Crippen LogP contribution in [0.1, 0.15) is 10.5 Å². The molecule has 18 heavy (non-hydrogen) atoms. The van der Waals surface area contributed by atoms with Gasteiger partial charge in [0.2, 0.25) is 0 Å². The number of hydrogen-bond acceptors (Lipinski definition) is 4. The van der Waals surface area contributed by atoms with E-state index in [2.05, 4.69) is 31.1 Å². The molecular weight excluding hydrogens is 300 g/mol. The molecule has 1 aromatic rings. The van der Waals surface area contributed by atoms with Crippen LogP contribution >= 0.6 is 15.9 Å². The van der Waals surface area contributed by atoms with Gasteiger partial charge in [-0.3, -0.25) is 9.69 Å². The number of nitrogens with one attached hydrogen (secondary N) is 1. The molecule has 0 aromatic carbocycles. The van der Waals surface area contributed by atoms with Crippen LogP contribution in [0.3, 0.4) is 0 Å². The monoisotopic (exact) mass is 316 g/mol. The summed E-state index contributed by atoms with van der Waals surface area (Å²) in [6.45, 7) is 4.93. The number of carbonyl (C=O) groups excluding carboxylic acids is 1. The van der Waals surface area contributed by atoms with Crippen LogP contribution in [0, 0.1) is 0 Å². The van der Waals surface area contributed by atoms with Gasteiger partial charge in [0.1, 0.15) is 5.69 Å². The highest BCUT2D eigenvalue weighted by Gasteiger charge is 2.13. The van der Waals surface area contributed by atoms with Crippen molar-refractivity contribution in [3.05, 3.63) is 16.6 Å². The molecule has 1 N–H and O–H groups in total. The Kier molecular flexibility index (Phi) is 4.73. The minimum absolute atomic E-state index is 0.0936. The molecule has 1 amide bonds. The summed E-state index contributed by atoms with van der Waals surface area (Å²) in [6.07, 6.45) is 1.56. The van der Waals surface area contributed by atoms with Crippen molar-refractivity contribution >= 4 is 21.8 Å². The zero-order chi connectivity index (χ0) is 13.0. The molecule has 2 rings (SSSR count). The molecule has 2 heterocycles. The standard InChI is InChI=1S/C11H17BrN4O2/c1-15-9(8-14-11(15)12)10(17)13-2-3-16-4-6-18-7-5-16/h8H,2-7H2,1H3,(H,13,17). The number of amides is 1. The second kappa shape index (κ2) is 6.31. The van der Waals surface area contributed by atoms with Crippen molar-refractivity contribution in [2.75, 3.05) is 39.4 Å². The fourth-order valence-corrected chi connectivity index (χ4v) is 2.13. The van der Waals surface area contributed by atoms with Gasteiger partial charge in [-0.15, -0.1) is 0 Å². The van der Waals surface area contributed by atoms with Gasteiger partial charge in [-0.2, -0.15) is 0 Å². The molecule has 1 aromatic heterocycles. The number of carbonyl (C=O) groups is 1. The molecule has 1 aliphatic rings. The zero-order valence-electron chi connectivity index (χ0n) is 10.4. The summed E-state index contributed by atoms with van der Waals surface area (Å²) in [4.78, 5) is 18.2. The Morgan fingerprint density at radius 3 is 2.89 bits per heavy atom. The van der Waals surface area contributed by atoms with Gasteiger partial charge in [0.25, 0.3) is 5.91 Å². The van der Waals surface area contributed by atoms with Gasteiger partial charge in [0, 0.05) is 33.2 Å². The zero-order valence-corrected chi connectivity index (χ0v) is 11.9. The van der Waals surface area contributed by atoms with Crippen molar-refractivity contribution in [1.29, 1.82) is 0 Å². The van der Waals surface area contributed by atoms with E-state index in [9.17, 15) is 4.79 Å². The van der Waals surface area contributed by atoms with E-state index in [4.69, 9.17) is 4.74 Å². The number of aromatic nitrogens is 2. The maximum atomic E-state index is 11.9. The van der Waals surface area contributed by atoms with E-state index in [1.54, 1.807) is 17.8 Å². The number of hydrogen-bond donors (Lipinski definition) is 1. The van der Waals surface area contributed by atoms with Crippen molar-refractivity contribution in [1.82, 2.24) is 19.8 Å². The van der Waals surface area contributed by atoms with Crippen LogP contribution in [0.2, 0.25) is 0 Å². The number of imidazole rings is 1. The molecule has 0 saturated carbocycles. The third-order valence-electron chi connectivity index (χ3n) is 2.98. The predicted octanol–water partition coefficient (Wildman–Crippen LogP) is 0.245. The summed E-state index contributed by atoms with van der Waals surface area (Å²) in [5.41, 5.74) is 0.559. The Balaban J connectivity index is 1.76. The van der Waals surface area contributed by atoms with Gasteiger partial charge in [-0.1, -0.05) is 0 Å². The average Bonchev–Trinajstić information content (AvgIpc) is 2.71. The first-order valence-electron chi connectivity index (χ1n) is 5.94. The maximum absolute atomic E-state index is 11.9. The van der Waals surface area contributed by atoms with E-state index < -0.39 is 0 Å². The molecular formula is C11H17BrN4O2. The third kappa shape index (κ3) is 3.30. The Labute approximate surface area is 114 Å². The second-order valence-electron chi connectivity index (χ2n) is 4.18. The molecule has 0 bridgehead atoms. The van der Waals surface area contributed by atoms with E-state index in [1.807, 2.05) is 0 Å². The van der Waals surface area contributed by atoms with Crippen molar-refractivity contribution in [3.8, 4) is 0 Å². The molecule has 0 unspecified atom stereocenters. The number of halogens is 1. The topological polar surface area (TPSA) is 59.4 Å². The minimum atomic E-state index is -0.0936. The fourth-order valence-electron chi connectivity index (χ4n) is 1.84. The Hall–Kier alpha value is -0.920. The number of ether oxygens (including phenoxy) is 1. The number of rotatable bonds is 4. The largest absolute Gasteiger partial charge is 0.379 e. The van der Waals surface area contributed by atoms with Crippen molar-refractivity contribution in [3.63, 3.8) is 0 Å². The summed E-state index contributed by atoms with van der Waals surface area (Å²) in [7, 11) is 1.80. The highest BCUT2D eigenvalue weighted by molar-refractivity contribution is 9.10. The molecule has 0 aliphatic carbocycles. The predicted molar refractivity (Wildman–Crippen MR) is 70.5 cm³/mol. The summed E-state index contributed by atoms with van der Waals surface area (Å²) in [5, 5.41) is 2.90. The highest BCUT2D eigenvalue weighted by atomic mass is 79.9. The van der Waals surface area contributed by atoms with Crippen LogP contribution < -0.4 is 5.32 Å². The SMILES string of the molecule is Cn1c(C(=O)NCCN2CCOCC2)cnc1Br. The van der Waals surface area contributed by atoms with Gasteiger partial charge in [-0.25, -0.2) is 4.98 Å². The second-order valence-corrected chi connectivity index (χ2v) is 4.89. The lowest BCUT2D eigenvalue weighted by molar-refractivity contribution is 0.0383. The first-order valence-corrected chi connectivity index (χ1v) is 6.73. The Morgan fingerprint density at radius 1 is 1.56 bits per heavy atom. The smallest absolute Gasteiger partial charge is 0.269 e. The molecule has 0 atom stereocenters. The Morgan fingerprint density at radius 2 is 2.28 bits per heavy atom. The molecule has 1 fully saturated rings. The van der Waals surface area contributed by atoms with Crippen molar-refractivity contribution in [2.24, 2.45) is 7.05 Å². The normalized spacial score (nSPS) is 16.8. The lowest BCUT2D eigenvalue weighted by Gasteiger charge is -2.26. The minimum Gasteiger partial charge on any atom is -0.379 e. The molecule has 0 spiro atoms. The first kappa shape index (κ1) is 13.5. The summed E-state index contributed by atoms with van der Waals surface area (Å²) in [5.74, 6) is -0.0936. The van der Waals surface area contributed by atoms with Crippen molar-refractivity contribution in [2.45, 2.75) is 0 Å². The van der Waals surface area contributed by atoms with E-state index >= 15 is 0 Å². The van der Waals surface area contributed by atoms with Crippen LogP contribution in [0.4, 0.5) is 0 Å². The molecule has 6 nitrogen and oxygen atoms in total. The lowest BCUT2D eigenvalue weighted by Crippen LogP contribution is -2.41. The van der Waals surface area contributed by atoms with Gasteiger partial charge < -0.3 is 14.6 Å².